The smallest absolute Gasteiger partial charge is 0.227 e. The lowest BCUT2D eigenvalue weighted by molar-refractivity contribution is -0.131. The van der Waals surface area contributed by atoms with Gasteiger partial charge in [-0.1, -0.05) is 18.2 Å². The fraction of sp³-hybridized carbons (Fsp3) is 0.588. The Morgan fingerprint density at radius 2 is 2.19 bits per heavy atom. The van der Waals surface area contributed by atoms with Gasteiger partial charge in [-0.3, -0.25) is 4.79 Å². The Bertz CT molecular complexity index is 474. The second kappa shape index (κ2) is 7.46. The molecular weight excluding hydrogens is 264 g/mol. The summed E-state index contributed by atoms with van der Waals surface area (Å²) < 4.78 is 5.79. The molecule has 1 saturated heterocycles. The highest BCUT2D eigenvalue weighted by Gasteiger charge is 2.23. The molecule has 21 heavy (non-hydrogen) atoms. The number of rotatable bonds is 5. The highest BCUT2D eigenvalue weighted by molar-refractivity contribution is 5.79. The zero-order chi connectivity index (χ0) is 15.2. The molecule has 4 heteroatoms. The maximum absolute atomic E-state index is 12.5. The van der Waals surface area contributed by atoms with Gasteiger partial charge < -0.3 is 15.0 Å². The summed E-state index contributed by atoms with van der Waals surface area (Å²) in [6.45, 7) is 5.67. The minimum absolute atomic E-state index is 0.116. The number of hydrogen-bond acceptors (Lipinski definition) is 3. The van der Waals surface area contributed by atoms with Crippen molar-refractivity contribution in [3.05, 3.63) is 29.8 Å². The van der Waals surface area contributed by atoms with Crippen LogP contribution in [0.15, 0.2) is 24.3 Å². The maximum Gasteiger partial charge on any atom is 0.227 e. The van der Waals surface area contributed by atoms with Crippen LogP contribution in [0.2, 0.25) is 0 Å². The van der Waals surface area contributed by atoms with Crippen LogP contribution in [0.3, 0.4) is 0 Å². The molecule has 2 rings (SSSR count). The topological polar surface area (TPSA) is 41.6 Å². The van der Waals surface area contributed by atoms with Gasteiger partial charge in [-0.25, -0.2) is 0 Å². The van der Waals surface area contributed by atoms with Crippen molar-refractivity contribution in [1.82, 2.24) is 10.2 Å². The van der Waals surface area contributed by atoms with Gasteiger partial charge in [0.2, 0.25) is 5.91 Å². The second-order valence-corrected chi connectivity index (χ2v) is 5.92. The van der Waals surface area contributed by atoms with Crippen molar-refractivity contribution < 1.29 is 9.53 Å². The molecular formula is C17H26N2O2. The van der Waals surface area contributed by atoms with E-state index in [9.17, 15) is 4.79 Å². The van der Waals surface area contributed by atoms with Crippen LogP contribution in [0.5, 0.6) is 5.75 Å². The van der Waals surface area contributed by atoms with E-state index in [0.717, 1.165) is 37.2 Å². The highest BCUT2D eigenvalue weighted by Crippen LogP contribution is 2.21. The van der Waals surface area contributed by atoms with Gasteiger partial charge in [-0.2, -0.15) is 0 Å². The lowest BCUT2D eigenvalue weighted by Crippen LogP contribution is -2.47. The predicted octanol–water partition coefficient (Wildman–Crippen LogP) is 2.23. The molecule has 1 N–H and O–H groups in total. The van der Waals surface area contributed by atoms with Gasteiger partial charge in [-0.05, 0) is 39.8 Å². The minimum atomic E-state index is 0.116. The van der Waals surface area contributed by atoms with Crippen molar-refractivity contribution >= 4 is 5.91 Å². The van der Waals surface area contributed by atoms with Crippen LogP contribution < -0.4 is 10.1 Å². The molecule has 1 heterocycles. The number of carbonyl (C=O) groups is 1. The molecule has 0 saturated carbocycles. The van der Waals surface area contributed by atoms with Crippen LogP contribution in [0.4, 0.5) is 0 Å². The van der Waals surface area contributed by atoms with E-state index >= 15 is 0 Å². The van der Waals surface area contributed by atoms with Crippen molar-refractivity contribution in [3.63, 3.8) is 0 Å². The van der Waals surface area contributed by atoms with E-state index < -0.39 is 0 Å². The largest absolute Gasteiger partial charge is 0.491 e. The first kappa shape index (κ1) is 15.8. The number of benzene rings is 1. The maximum atomic E-state index is 12.5. The van der Waals surface area contributed by atoms with Crippen molar-refractivity contribution in [2.45, 2.75) is 45.3 Å². The van der Waals surface area contributed by atoms with Gasteiger partial charge in [0.15, 0.2) is 0 Å². The average Bonchev–Trinajstić information content (AvgIpc) is 2.48. The Hall–Kier alpha value is -1.55. The quantitative estimate of drug-likeness (QED) is 0.904. The number of carbonyl (C=O) groups excluding carboxylic acids is 1. The van der Waals surface area contributed by atoms with Crippen molar-refractivity contribution in [2.75, 3.05) is 20.1 Å². The molecule has 1 fully saturated rings. The zero-order valence-corrected chi connectivity index (χ0v) is 13.3. The predicted molar refractivity (Wildman–Crippen MR) is 84.6 cm³/mol. The molecule has 1 aromatic carbocycles. The van der Waals surface area contributed by atoms with E-state index in [4.69, 9.17) is 4.74 Å². The van der Waals surface area contributed by atoms with Crippen LogP contribution in [0, 0.1) is 0 Å². The van der Waals surface area contributed by atoms with Gasteiger partial charge >= 0.3 is 0 Å². The van der Waals surface area contributed by atoms with Crippen molar-refractivity contribution in [1.29, 1.82) is 0 Å². The van der Waals surface area contributed by atoms with E-state index in [-0.39, 0.29) is 12.0 Å². The summed E-state index contributed by atoms with van der Waals surface area (Å²) in [5.74, 6) is 1.01. The third-order valence-corrected chi connectivity index (χ3v) is 3.86. The van der Waals surface area contributed by atoms with Crippen LogP contribution in [0.25, 0.3) is 0 Å². The molecule has 1 atom stereocenters. The summed E-state index contributed by atoms with van der Waals surface area (Å²) in [6.07, 6.45) is 2.75. The zero-order valence-electron chi connectivity index (χ0n) is 13.3. The number of nitrogens with one attached hydrogen (secondary N) is 1. The summed E-state index contributed by atoms with van der Waals surface area (Å²) >= 11 is 0. The third-order valence-electron chi connectivity index (χ3n) is 3.86. The molecule has 116 valence electrons. The molecule has 0 aliphatic carbocycles. The Balaban J connectivity index is 2.02. The number of likely N-dealkylation sites (N-methyl/N-ethyl adjacent to an activating group) is 1. The van der Waals surface area contributed by atoms with Crippen LogP contribution >= 0.6 is 0 Å². The molecule has 0 bridgehead atoms. The molecule has 0 aromatic heterocycles. The summed E-state index contributed by atoms with van der Waals surface area (Å²) in [4.78, 5) is 14.5. The molecule has 4 nitrogen and oxygen atoms in total. The number of para-hydroxylation sites is 1. The first-order valence-electron chi connectivity index (χ1n) is 7.79. The fourth-order valence-electron chi connectivity index (χ4n) is 2.73. The average molecular weight is 290 g/mol. The highest BCUT2D eigenvalue weighted by atomic mass is 16.5. The Morgan fingerprint density at radius 3 is 2.90 bits per heavy atom. The molecule has 1 aromatic rings. The van der Waals surface area contributed by atoms with E-state index in [0.29, 0.717) is 12.5 Å². The van der Waals surface area contributed by atoms with E-state index in [1.54, 1.807) is 0 Å². The third kappa shape index (κ3) is 4.46. The van der Waals surface area contributed by atoms with E-state index in [2.05, 4.69) is 5.32 Å². The summed E-state index contributed by atoms with van der Waals surface area (Å²) in [5, 5.41) is 3.27. The summed E-state index contributed by atoms with van der Waals surface area (Å²) in [7, 11) is 1.96. The van der Waals surface area contributed by atoms with Gasteiger partial charge in [0.1, 0.15) is 5.75 Å². The van der Waals surface area contributed by atoms with Crippen LogP contribution in [-0.2, 0) is 11.2 Å². The van der Waals surface area contributed by atoms with Gasteiger partial charge in [0.25, 0.3) is 0 Å². The standard InChI is InChI=1S/C17H26N2O2/c1-13(2)21-16-9-5-4-7-14(16)11-17(20)19-10-6-8-15(12-19)18-3/h4-5,7,9,13,15,18H,6,8,10-12H2,1-3H3. The van der Waals surface area contributed by atoms with E-state index in [1.165, 1.54) is 0 Å². The van der Waals surface area contributed by atoms with E-state index in [1.807, 2.05) is 50.1 Å². The molecule has 0 radical (unpaired) electrons. The minimum Gasteiger partial charge on any atom is -0.491 e. The summed E-state index contributed by atoms with van der Waals surface area (Å²) in [6, 6.07) is 8.25. The Morgan fingerprint density at radius 1 is 1.43 bits per heavy atom. The van der Waals surface area contributed by atoms with Gasteiger partial charge in [-0.15, -0.1) is 0 Å². The lowest BCUT2D eigenvalue weighted by atomic mass is 10.0. The Labute approximate surface area is 127 Å². The molecule has 1 unspecified atom stereocenters. The number of amides is 1. The first-order chi connectivity index (χ1) is 10.1. The number of hydrogen-bond donors (Lipinski definition) is 1. The van der Waals surface area contributed by atoms with Crippen LogP contribution in [-0.4, -0.2) is 43.1 Å². The summed E-state index contributed by atoms with van der Waals surface area (Å²) in [5.41, 5.74) is 0.975. The Kier molecular flexibility index (Phi) is 5.62. The first-order valence-corrected chi connectivity index (χ1v) is 7.79. The number of likely N-dealkylation sites (tertiary alicyclic amines) is 1. The number of ether oxygens (including phenoxy) is 1. The number of piperidine rings is 1. The molecule has 1 aliphatic heterocycles. The van der Waals surface area contributed by atoms with Gasteiger partial charge in [0.05, 0.1) is 12.5 Å². The normalized spacial score (nSPS) is 18.9. The monoisotopic (exact) mass is 290 g/mol. The lowest BCUT2D eigenvalue weighted by Gasteiger charge is -2.32. The SMILES string of the molecule is CNC1CCCN(C(=O)Cc2ccccc2OC(C)C)C1. The number of nitrogens with zero attached hydrogens (tertiary/aromatic N) is 1. The molecule has 1 amide bonds. The molecule has 1 aliphatic rings. The van der Waals surface area contributed by atoms with Crippen LogP contribution in [0.1, 0.15) is 32.3 Å². The second-order valence-electron chi connectivity index (χ2n) is 5.92. The fourth-order valence-corrected chi connectivity index (χ4v) is 2.73. The molecule has 0 spiro atoms. The van der Waals surface area contributed by atoms with Crippen molar-refractivity contribution in [2.24, 2.45) is 0 Å². The van der Waals surface area contributed by atoms with Crippen molar-refractivity contribution in [3.8, 4) is 5.75 Å². The van der Waals surface area contributed by atoms with Gasteiger partial charge in [0, 0.05) is 24.7 Å².